The quantitative estimate of drug-likeness (QED) is 0.737. The number of benzene rings is 2. The zero-order valence-electron chi connectivity index (χ0n) is 11.8. The largest absolute Gasteiger partial charge is 0.254 e. The highest BCUT2D eigenvalue weighted by Crippen LogP contribution is 2.08. The third-order valence-corrected chi connectivity index (χ3v) is 4.18. The molecule has 2 aromatic rings. The van der Waals surface area contributed by atoms with Crippen molar-refractivity contribution in [2.45, 2.75) is 5.75 Å². The minimum Gasteiger partial charge on any atom is -0.212 e. The molecule has 0 unspecified atom stereocenters. The Morgan fingerprint density at radius 3 is 1.70 bits per heavy atom. The van der Waals surface area contributed by atoms with Crippen molar-refractivity contribution in [1.29, 1.82) is 0 Å². The lowest BCUT2D eigenvalue weighted by molar-refractivity contribution is 0.608. The van der Waals surface area contributed by atoms with Gasteiger partial charge in [-0.05, 0) is 17.2 Å². The predicted octanol–water partition coefficient (Wildman–Crippen LogP) is 3.98. The van der Waals surface area contributed by atoms with Crippen LogP contribution in [-0.2, 0) is 23.9 Å². The Morgan fingerprint density at radius 2 is 1.26 bits per heavy atom. The average Bonchev–Trinajstić information content (AvgIpc) is 2.46. The predicted molar refractivity (Wildman–Crippen MR) is 95.2 cm³/mol. The molecule has 0 bridgehead atoms. The number of halogens is 2. The van der Waals surface area contributed by atoms with Gasteiger partial charge in [0.25, 0.3) is 9.05 Å². The maximum absolute atomic E-state index is 10.6. The van der Waals surface area contributed by atoms with E-state index in [1.807, 2.05) is 24.3 Å². The van der Waals surface area contributed by atoms with Crippen molar-refractivity contribution in [3.05, 3.63) is 77.2 Å². The molecule has 0 aliphatic heterocycles. The van der Waals surface area contributed by atoms with Gasteiger partial charge in [0.05, 0.1) is 5.75 Å². The molecular weight excluding hydrogens is 379 g/mol. The van der Waals surface area contributed by atoms with Gasteiger partial charge in [-0.1, -0.05) is 60.7 Å². The van der Waals surface area contributed by atoms with Crippen LogP contribution in [0.5, 0.6) is 0 Å². The van der Waals surface area contributed by atoms with E-state index in [-0.39, 0.29) is 5.75 Å². The van der Waals surface area contributed by atoms with Gasteiger partial charge in [-0.2, -0.15) is 0 Å². The van der Waals surface area contributed by atoms with Crippen molar-refractivity contribution >= 4 is 45.5 Å². The number of hydrogen-bond acceptors (Lipinski definition) is 4. The van der Waals surface area contributed by atoms with Gasteiger partial charge in [0, 0.05) is 26.8 Å². The van der Waals surface area contributed by atoms with E-state index >= 15 is 0 Å². The molecule has 0 radical (unpaired) electrons. The summed E-state index contributed by atoms with van der Waals surface area (Å²) < 4.78 is 42.1. The summed E-state index contributed by atoms with van der Waals surface area (Å²) in [5, 5.41) is 0.962. The van der Waals surface area contributed by atoms with E-state index in [1.165, 1.54) is 6.08 Å². The molecule has 0 atom stereocenters. The van der Waals surface area contributed by atoms with Crippen LogP contribution in [-0.4, -0.2) is 16.8 Å². The summed E-state index contributed by atoms with van der Waals surface area (Å²) in [5.74, 6) is -0.102. The van der Waals surface area contributed by atoms with E-state index < -0.39 is 18.1 Å². The molecule has 2 aromatic carbocycles. The van der Waals surface area contributed by atoms with Crippen LogP contribution in [0.15, 0.2) is 66.1 Å². The van der Waals surface area contributed by atoms with E-state index in [0.29, 0.717) is 5.56 Å². The van der Waals surface area contributed by atoms with Crippen LogP contribution in [0.3, 0.4) is 0 Å². The average molecular weight is 393 g/mol. The fraction of sp³-hybridized carbons (Fsp3) is 0.0667. The molecule has 0 fully saturated rings. The van der Waals surface area contributed by atoms with Crippen molar-refractivity contribution in [2.24, 2.45) is 0 Å². The van der Waals surface area contributed by atoms with Crippen LogP contribution in [0.1, 0.15) is 11.1 Å². The Hall–Kier alpha value is -1.34. The van der Waals surface area contributed by atoms with Gasteiger partial charge in [0.2, 0.25) is 9.05 Å². The summed E-state index contributed by atoms with van der Waals surface area (Å²) in [5.41, 5.74) is 1.52. The second kappa shape index (κ2) is 9.08. The second-order valence-corrected chi connectivity index (χ2v) is 9.65. The molecule has 0 N–H and O–H groups in total. The van der Waals surface area contributed by atoms with Gasteiger partial charge in [0.15, 0.2) is 0 Å². The van der Waals surface area contributed by atoms with Crippen LogP contribution in [0, 0.1) is 0 Å². The summed E-state index contributed by atoms with van der Waals surface area (Å²) in [6, 6.07) is 17.9. The lowest BCUT2D eigenvalue weighted by Crippen LogP contribution is -1.93. The molecule has 0 saturated heterocycles. The van der Waals surface area contributed by atoms with E-state index in [1.54, 1.807) is 36.4 Å². The van der Waals surface area contributed by atoms with Gasteiger partial charge in [-0.15, -0.1) is 0 Å². The molecule has 4 nitrogen and oxygen atoms in total. The summed E-state index contributed by atoms with van der Waals surface area (Å²) in [7, 11) is 3.07. The van der Waals surface area contributed by atoms with Gasteiger partial charge in [-0.25, -0.2) is 16.8 Å². The molecule has 0 aliphatic carbocycles. The Bertz CT molecular complexity index is 832. The van der Waals surface area contributed by atoms with E-state index in [2.05, 4.69) is 0 Å². The maximum Gasteiger partial charge on any atom is 0.254 e. The Labute approximate surface area is 145 Å². The molecule has 0 saturated carbocycles. The van der Waals surface area contributed by atoms with E-state index in [0.717, 1.165) is 11.0 Å². The topological polar surface area (TPSA) is 68.3 Å². The highest BCUT2D eigenvalue weighted by Gasteiger charge is 2.05. The van der Waals surface area contributed by atoms with Crippen LogP contribution in [0.2, 0.25) is 0 Å². The maximum atomic E-state index is 10.6. The van der Waals surface area contributed by atoms with Gasteiger partial charge < -0.3 is 0 Å². The normalized spacial score (nSPS) is 11.7. The van der Waals surface area contributed by atoms with Crippen molar-refractivity contribution in [3.63, 3.8) is 0 Å². The second-order valence-electron chi connectivity index (χ2n) is 4.36. The van der Waals surface area contributed by atoms with Crippen molar-refractivity contribution in [1.82, 2.24) is 0 Å². The Kier molecular flexibility index (Phi) is 7.78. The highest BCUT2D eigenvalue weighted by molar-refractivity contribution is 8.16. The molecule has 0 spiro atoms. The summed E-state index contributed by atoms with van der Waals surface area (Å²) in [6.07, 6.45) is 1.45. The van der Waals surface area contributed by atoms with Crippen molar-refractivity contribution < 1.29 is 16.8 Å². The van der Waals surface area contributed by atoms with Crippen LogP contribution in [0.25, 0.3) is 6.08 Å². The Balaban J connectivity index is 0.000000231. The smallest absolute Gasteiger partial charge is 0.212 e. The van der Waals surface area contributed by atoms with Crippen LogP contribution < -0.4 is 0 Å². The molecule has 0 amide bonds. The zero-order chi connectivity index (χ0) is 17.3. The first-order chi connectivity index (χ1) is 10.7. The third kappa shape index (κ3) is 10.9. The molecule has 2 rings (SSSR count). The first kappa shape index (κ1) is 19.7. The fourth-order valence-electron chi connectivity index (χ4n) is 1.50. The summed E-state index contributed by atoms with van der Waals surface area (Å²) >= 11 is 0. The van der Waals surface area contributed by atoms with E-state index in [4.69, 9.17) is 21.4 Å². The minimum atomic E-state index is -3.53. The molecule has 0 aromatic heterocycles. The summed E-state index contributed by atoms with van der Waals surface area (Å²) in [6.45, 7) is 0. The van der Waals surface area contributed by atoms with Crippen LogP contribution in [0.4, 0.5) is 0 Å². The highest BCUT2D eigenvalue weighted by atomic mass is 35.7. The molecular formula is C15H14Cl2O4S2. The lowest BCUT2D eigenvalue weighted by Gasteiger charge is -1.94. The summed E-state index contributed by atoms with van der Waals surface area (Å²) in [4.78, 5) is 0. The third-order valence-electron chi connectivity index (χ3n) is 2.40. The Morgan fingerprint density at radius 1 is 0.783 bits per heavy atom. The first-order valence-electron chi connectivity index (χ1n) is 6.30. The molecule has 8 heteroatoms. The lowest BCUT2D eigenvalue weighted by atomic mass is 10.2. The molecule has 0 aliphatic rings. The number of hydrogen-bond donors (Lipinski definition) is 0. The number of rotatable bonds is 4. The molecule has 23 heavy (non-hydrogen) atoms. The monoisotopic (exact) mass is 392 g/mol. The first-order valence-corrected chi connectivity index (χ1v) is 11.1. The molecule has 124 valence electrons. The van der Waals surface area contributed by atoms with E-state index in [9.17, 15) is 16.8 Å². The van der Waals surface area contributed by atoms with Crippen LogP contribution >= 0.6 is 21.4 Å². The standard InChI is InChI=1S/C8H7ClO2S.C7H7ClO2S/c9-12(10,11)7-6-8-4-2-1-3-5-8;8-11(9,10)6-7-4-2-1-3-5-7/h1-7H;1-5H,6H2/b7-6+;. The van der Waals surface area contributed by atoms with Crippen molar-refractivity contribution in [3.8, 4) is 0 Å². The van der Waals surface area contributed by atoms with Gasteiger partial charge >= 0.3 is 0 Å². The molecule has 0 heterocycles. The minimum absolute atomic E-state index is 0.102. The zero-order valence-corrected chi connectivity index (χ0v) is 15.0. The van der Waals surface area contributed by atoms with Gasteiger partial charge in [-0.3, -0.25) is 0 Å². The fourth-order valence-corrected chi connectivity index (χ4v) is 2.94. The SMILES string of the molecule is O=S(=O)(Cl)/C=C/c1ccccc1.O=S(=O)(Cl)Cc1ccccc1. The van der Waals surface area contributed by atoms with Gasteiger partial charge in [0.1, 0.15) is 0 Å². The van der Waals surface area contributed by atoms with Crippen molar-refractivity contribution in [2.75, 3.05) is 0 Å².